The minimum absolute atomic E-state index is 0.166. The number of hydrogen-bond acceptors (Lipinski definition) is 4. The Labute approximate surface area is 192 Å². The first-order valence-corrected chi connectivity index (χ1v) is 10.8. The number of amides is 3. The third-order valence-electron chi connectivity index (χ3n) is 5.54. The number of aryl methyl sites for hydroxylation is 1. The van der Waals surface area contributed by atoms with Crippen molar-refractivity contribution in [2.45, 2.75) is 13.5 Å². The standard InChI is InChI=1S/C25H26FN5O2/c1-18-5-7-20(8-6-18)24(32)29-22-9-10-23(27-17-22)30-11-13-31(14-12-30)25(33)28-16-19-3-2-4-21(26)15-19/h2-10,15,17H,11-14,16H2,1H3,(H,28,33)(H,29,32). The molecule has 1 aromatic heterocycles. The van der Waals surface area contributed by atoms with Gasteiger partial charge in [0.05, 0.1) is 11.9 Å². The van der Waals surface area contributed by atoms with Crippen LogP contribution in [0.25, 0.3) is 0 Å². The van der Waals surface area contributed by atoms with Crippen LogP contribution >= 0.6 is 0 Å². The summed E-state index contributed by atoms with van der Waals surface area (Å²) < 4.78 is 13.3. The summed E-state index contributed by atoms with van der Waals surface area (Å²) in [5, 5.41) is 5.69. The number of urea groups is 1. The second kappa shape index (κ2) is 10.1. The smallest absolute Gasteiger partial charge is 0.317 e. The van der Waals surface area contributed by atoms with E-state index < -0.39 is 0 Å². The number of halogens is 1. The van der Waals surface area contributed by atoms with Crippen molar-refractivity contribution in [2.24, 2.45) is 0 Å². The molecule has 2 N–H and O–H groups in total. The van der Waals surface area contributed by atoms with E-state index in [0.717, 1.165) is 16.9 Å². The molecule has 7 nitrogen and oxygen atoms in total. The molecule has 0 atom stereocenters. The lowest BCUT2D eigenvalue weighted by Crippen LogP contribution is -2.51. The third-order valence-corrected chi connectivity index (χ3v) is 5.54. The van der Waals surface area contributed by atoms with Crippen LogP contribution in [0.5, 0.6) is 0 Å². The Hall–Kier alpha value is -3.94. The minimum Gasteiger partial charge on any atom is -0.353 e. The molecule has 1 fully saturated rings. The maximum absolute atomic E-state index is 13.3. The highest BCUT2D eigenvalue weighted by Crippen LogP contribution is 2.17. The SMILES string of the molecule is Cc1ccc(C(=O)Nc2ccc(N3CCN(C(=O)NCc4cccc(F)c4)CC3)nc2)cc1. The molecule has 3 aromatic rings. The second-order valence-corrected chi connectivity index (χ2v) is 7.99. The van der Waals surface area contributed by atoms with Gasteiger partial charge in [0.15, 0.2) is 0 Å². The molecule has 1 aliphatic heterocycles. The molecule has 2 heterocycles. The Bertz CT molecular complexity index is 1110. The molecule has 0 aliphatic carbocycles. The Morgan fingerprint density at radius 1 is 1.00 bits per heavy atom. The zero-order valence-electron chi connectivity index (χ0n) is 18.4. The van der Waals surface area contributed by atoms with Crippen molar-refractivity contribution in [1.29, 1.82) is 0 Å². The number of nitrogens with one attached hydrogen (secondary N) is 2. The number of carbonyl (C=O) groups is 2. The van der Waals surface area contributed by atoms with Crippen LogP contribution in [0.3, 0.4) is 0 Å². The molecular formula is C25H26FN5O2. The lowest BCUT2D eigenvalue weighted by molar-refractivity contribution is 0.102. The molecule has 0 bridgehead atoms. The molecule has 33 heavy (non-hydrogen) atoms. The van der Waals surface area contributed by atoms with Crippen LogP contribution in [0, 0.1) is 12.7 Å². The van der Waals surface area contributed by atoms with Gasteiger partial charge < -0.3 is 20.4 Å². The van der Waals surface area contributed by atoms with Gasteiger partial charge in [-0.3, -0.25) is 4.79 Å². The van der Waals surface area contributed by atoms with Gasteiger partial charge in [-0.25, -0.2) is 14.2 Å². The van der Waals surface area contributed by atoms with E-state index in [-0.39, 0.29) is 24.3 Å². The summed E-state index contributed by atoms with van der Waals surface area (Å²) in [5.41, 5.74) is 3.04. The van der Waals surface area contributed by atoms with E-state index in [0.29, 0.717) is 37.4 Å². The van der Waals surface area contributed by atoms with Crippen LogP contribution in [0.4, 0.5) is 20.7 Å². The topological polar surface area (TPSA) is 77.6 Å². The molecule has 1 aliphatic rings. The number of rotatable bonds is 5. The highest BCUT2D eigenvalue weighted by molar-refractivity contribution is 6.04. The van der Waals surface area contributed by atoms with Crippen LogP contribution in [0.1, 0.15) is 21.5 Å². The van der Waals surface area contributed by atoms with E-state index in [4.69, 9.17) is 0 Å². The van der Waals surface area contributed by atoms with Gasteiger partial charge in [-0.1, -0.05) is 29.8 Å². The summed E-state index contributed by atoms with van der Waals surface area (Å²) in [6.45, 7) is 4.67. The van der Waals surface area contributed by atoms with Gasteiger partial charge >= 0.3 is 6.03 Å². The van der Waals surface area contributed by atoms with Gasteiger partial charge in [-0.05, 0) is 48.9 Å². The molecule has 2 aromatic carbocycles. The predicted molar refractivity (Wildman–Crippen MR) is 126 cm³/mol. The molecule has 4 rings (SSSR count). The highest BCUT2D eigenvalue weighted by atomic mass is 19.1. The van der Waals surface area contributed by atoms with Crippen LogP contribution < -0.4 is 15.5 Å². The molecular weight excluding hydrogens is 421 g/mol. The normalized spacial score (nSPS) is 13.5. The van der Waals surface area contributed by atoms with E-state index in [1.807, 2.05) is 31.2 Å². The maximum Gasteiger partial charge on any atom is 0.317 e. The first-order valence-electron chi connectivity index (χ1n) is 10.8. The van der Waals surface area contributed by atoms with Crippen molar-refractivity contribution in [2.75, 3.05) is 36.4 Å². The lowest BCUT2D eigenvalue weighted by atomic mass is 10.1. The molecule has 0 unspecified atom stereocenters. The van der Waals surface area contributed by atoms with E-state index in [1.54, 1.807) is 35.4 Å². The molecule has 0 spiro atoms. The van der Waals surface area contributed by atoms with E-state index in [9.17, 15) is 14.0 Å². The fourth-order valence-electron chi connectivity index (χ4n) is 3.63. The van der Waals surface area contributed by atoms with Crippen molar-refractivity contribution in [1.82, 2.24) is 15.2 Å². The molecule has 3 amide bonds. The molecule has 8 heteroatoms. The van der Waals surface area contributed by atoms with Crippen LogP contribution in [-0.2, 0) is 6.54 Å². The van der Waals surface area contributed by atoms with Crippen LogP contribution in [-0.4, -0.2) is 48.0 Å². The lowest BCUT2D eigenvalue weighted by Gasteiger charge is -2.35. The number of hydrogen-bond donors (Lipinski definition) is 2. The van der Waals surface area contributed by atoms with Gasteiger partial charge in [0, 0.05) is 38.3 Å². The minimum atomic E-state index is -0.316. The van der Waals surface area contributed by atoms with Gasteiger partial charge in [-0.2, -0.15) is 0 Å². The second-order valence-electron chi connectivity index (χ2n) is 7.99. The van der Waals surface area contributed by atoms with Gasteiger partial charge in [0.1, 0.15) is 11.6 Å². The average Bonchev–Trinajstić information content (AvgIpc) is 2.83. The van der Waals surface area contributed by atoms with Gasteiger partial charge in [0.25, 0.3) is 5.91 Å². The number of anilines is 2. The van der Waals surface area contributed by atoms with E-state index in [2.05, 4.69) is 20.5 Å². The first kappa shape index (κ1) is 22.3. The predicted octanol–water partition coefficient (Wildman–Crippen LogP) is 3.81. The number of pyridine rings is 1. The van der Waals surface area contributed by atoms with Gasteiger partial charge in [0.2, 0.25) is 0 Å². The summed E-state index contributed by atoms with van der Waals surface area (Å²) in [4.78, 5) is 33.1. The zero-order chi connectivity index (χ0) is 23.2. The quantitative estimate of drug-likeness (QED) is 0.624. The fourth-order valence-corrected chi connectivity index (χ4v) is 3.63. The summed E-state index contributed by atoms with van der Waals surface area (Å²) in [7, 11) is 0. The molecule has 1 saturated heterocycles. The van der Waals surface area contributed by atoms with E-state index >= 15 is 0 Å². The molecule has 0 saturated carbocycles. The summed E-state index contributed by atoms with van der Waals surface area (Å²) in [6.07, 6.45) is 1.64. The molecule has 170 valence electrons. The first-order chi connectivity index (χ1) is 16.0. The van der Waals surface area contributed by atoms with Gasteiger partial charge in [-0.15, -0.1) is 0 Å². The Morgan fingerprint density at radius 3 is 2.42 bits per heavy atom. The number of carbonyl (C=O) groups excluding carboxylic acids is 2. The summed E-state index contributed by atoms with van der Waals surface area (Å²) in [6, 6.07) is 17.1. The maximum atomic E-state index is 13.3. The molecule has 0 radical (unpaired) electrons. The number of piperazine rings is 1. The zero-order valence-corrected chi connectivity index (χ0v) is 18.4. The van der Waals surface area contributed by atoms with Crippen molar-refractivity contribution in [3.63, 3.8) is 0 Å². The van der Waals surface area contributed by atoms with Crippen LogP contribution in [0.2, 0.25) is 0 Å². The highest BCUT2D eigenvalue weighted by Gasteiger charge is 2.21. The summed E-state index contributed by atoms with van der Waals surface area (Å²) in [5.74, 6) is 0.300. The fraction of sp³-hybridized carbons (Fsp3) is 0.240. The Balaban J connectivity index is 1.25. The summed E-state index contributed by atoms with van der Waals surface area (Å²) >= 11 is 0. The van der Waals surface area contributed by atoms with Crippen molar-refractivity contribution < 1.29 is 14.0 Å². The number of aromatic nitrogens is 1. The Kier molecular flexibility index (Phi) is 6.83. The van der Waals surface area contributed by atoms with E-state index in [1.165, 1.54) is 12.1 Å². The van der Waals surface area contributed by atoms with Crippen LogP contribution in [0.15, 0.2) is 66.9 Å². The number of benzene rings is 2. The monoisotopic (exact) mass is 447 g/mol. The number of nitrogens with zero attached hydrogens (tertiary/aromatic N) is 3. The van der Waals surface area contributed by atoms with Crippen molar-refractivity contribution >= 4 is 23.4 Å². The third kappa shape index (κ3) is 5.85. The Morgan fingerprint density at radius 2 is 1.76 bits per heavy atom. The van der Waals surface area contributed by atoms with Crippen molar-refractivity contribution in [3.8, 4) is 0 Å². The average molecular weight is 448 g/mol. The van der Waals surface area contributed by atoms with Crippen molar-refractivity contribution in [3.05, 3.63) is 89.4 Å². The largest absolute Gasteiger partial charge is 0.353 e.